The highest BCUT2D eigenvalue weighted by atomic mass is 31.1. The molecule has 76 valence electrons. The van der Waals surface area contributed by atoms with Gasteiger partial charge in [-0.1, -0.05) is 27.2 Å². The van der Waals surface area contributed by atoms with Crippen molar-refractivity contribution in [3.8, 4) is 0 Å². The van der Waals surface area contributed by atoms with E-state index in [-0.39, 0.29) is 5.66 Å². The van der Waals surface area contributed by atoms with E-state index >= 15 is 0 Å². The lowest BCUT2D eigenvalue weighted by atomic mass is 9.77. The fourth-order valence-corrected chi connectivity index (χ4v) is 3.77. The van der Waals surface area contributed by atoms with Crippen LogP contribution in [-0.2, 0) is 4.57 Å². The smallest absolute Gasteiger partial charge is 0.161 e. The second-order valence-corrected chi connectivity index (χ2v) is 5.96. The van der Waals surface area contributed by atoms with Crippen molar-refractivity contribution in [1.29, 1.82) is 0 Å². The molecule has 1 fully saturated rings. The summed E-state index contributed by atoms with van der Waals surface area (Å²) in [6.07, 6.45) is 3.29. The minimum atomic E-state index is -1.97. The Morgan fingerprint density at radius 3 is 2.46 bits per heavy atom. The molecule has 2 nitrogen and oxygen atoms in total. The summed E-state index contributed by atoms with van der Waals surface area (Å²) in [6.45, 7) is 6.50. The molecule has 0 aliphatic heterocycles. The van der Waals surface area contributed by atoms with Crippen molar-refractivity contribution in [2.45, 2.75) is 45.7 Å². The van der Waals surface area contributed by atoms with Gasteiger partial charge in [0.05, 0.1) is 0 Å². The first kappa shape index (κ1) is 11.1. The average Bonchev–Trinajstić information content (AvgIpc) is 2.03. The zero-order valence-electron chi connectivity index (χ0n) is 8.73. The first-order valence-corrected chi connectivity index (χ1v) is 6.45. The van der Waals surface area contributed by atoms with Crippen molar-refractivity contribution in [3.05, 3.63) is 0 Å². The second kappa shape index (κ2) is 4.52. The molecule has 3 heteroatoms. The molecule has 0 bridgehead atoms. The van der Waals surface area contributed by atoms with Crippen molar-refractivity contribution in [1.82, 2.24) is 0 Å². The SMILES string of the molecule is CC1CCC(C(C)C)C([P+](=O)O)C1. The molecule has 0 spiro atoms. The Hall–Kier alpha value is 0.0600. The van der Waals surface area contributed by atoms with E-state index in [0.29, 0.717) is 17.8 Å². The van der Waals surface area contributed by atoms with Crippen molar-refractivity contribution in [2.24, 2.45) is 17.8 Å². The highest BCUT2D eigenvalue weighted by Crippen LogP contribution is 2.44. The molecule has 4 unspecified atom stereocenters. The van der Waals surface area contributed by atoms with Crippen LogP contribution in [0.2, 0.25) is 0 Å². The summed E-state index contributed by atoms with van der Waals surface area (Å²) in [5, 5.41) is 0. The molecule has 0 aromatic heterocycles. The van der Waals surface area contributed by atoms with E-state index in [2.05, 4.69) is 20.8 Å². The van der Waals surface area contributed by atoms with Crippen LogP contribution in [-0.4, -0.2) is 10.6 Å². The molecule has 4 atom stereocenters. The summed E-state index contributed by atoms with van der Waals surface area (Å²) < 4.78 is 11.2. The van der Waals surface area contributed by atoms with Gasteiger partial charge in [-0.05, 0) is 29.2 Å². The molecule has 1 N–H and O–H groups in total. The average molecular weight is 203 g/mol. The van der Waals surface area contributed by atoms with Crippen LogP contribution in [0.15, 0.2) is 0 Å². The summed E-state index contributed by atoms with van der Waals surface area (Å²) in [5.74, 6) is 1.64. The molecule has 1 rings (SSSR count). The molecule has 1 saturated carbocycles. The van der Waals surface area contributed by atoms with Crippen LogP contribution in [0, 0.1) is 17.8 Å². The van der Waals surface area contributed by atoms with E-state index in [4.69, 9.17) is 0 Å². The predicted molar refractivity (Wildman–Crippen MR) is 55.0 cm³/mol. The molecule has 0 aromatic rings. The van der Waals surface area contributed by atoms with Gasteiger partial charge in [-0.15, -0.1) is 0 Å². The topological polar surface area (TPSA) is 37.3 Å². The fraction of sp³-hybridized carbons (Fsp3) is 1.00. The third-order valence-electron chi connectivity index (χ3n) is 3.27. The third kappa shape index (κ3) is 2.75. The first-order chi connectivity index (χ1) is 6.02. The highest BCUT2D eigenvalue weighted by Gasteiger charge is 2.42. The Balaban J connectivity index is 2.66. The summed E-state index contributed by atoms with van der Waals surface area (Å²) in [7, 11) is -1.97. The molecule has 0 amide bonds. The Bertz CT molecular complexity index is 191. The van der Waals surface area contributed by atoms with Crippen molar-refractivity contribution < 1.29 is 9.46 Å². The standard InChI is InChI=1S/C10H19O2P/c1-7(2)9-5-4-8(3)6-10(9)13(11)12/h7-10H,4-6H2,1-3H3/p+1. The van der Waals surface area contributed by atoms with E-state index in [9.17, 15) is 9.46 Å². The normalized spacial score (nSPS) is 36.4. The first-order valence-electron chi connectivity index (χ1n) is 5.17. The Labute approximate surface area is 81.6 Å². The predicted octanol–water partition coefficient (Wildman–Crippen LogP) is 3.18. The molecule has 1 aliphatic rings. The molecular formula is C10H20O2P+. The van der Waals surface area contributed by atoms with Crippen LogP contribution in [0.3, 0.4) is 0 Å². The van der Waals surface area contributed by atoms with Crippen molar-refractivity contribution in [3.63, 3.8) is 0 Å². The van der Waals surface area contributed by atoms with E-state index in [1.807, 2.05) is 0 Å². The summed E-state index contributed by atoms with van der Waals surface area (Å²) >= 11 is 0. The Morgan fingerprint density at radius 2 is 2.00 bits per heavy atom. The maximum atomic E-state index is 11.2. The summed E-state index contributed by atoms with van der Waals surface area (Å²) in [6, 6.07) is 0. The maximum Gasteiger partial charge on any atom is 0.508 e. The Kier molecular flexibility index (Phi) is 3.87. The molecule has 1 aliphatic carbocycles. The largest absolute Gasteiger partial charge is 0.508 e. The number of hydrogen-bond donors (Lipinski definition) is 1. The quantitative estimate of drug-likeness (QED) is 0.700. The van der Waals surface area contributed by atoms with Crippen LogP contribution in [0.4, 0.5) is 0 Å². The van der Waals surface area contributed by atoms with Gasteiger partial charge in [0.1, 0.15) is 0 Å². The van der Waals surface area contributed by atoms with E-state index < -0.39 is 8.03 Å². The monoisotopic (exact) mass is 203 g/mol. The van der Waals surface area contributed by atoms with E-state index in [1.165, 1.54) is 6.42 Å². The molecule has 0 aromatic carbocycles. The minimum Gasteiger partial charge on any atom is -0.161 e. The maximum absolute atomic E-state index is 11.2. The molecule has 0 saturated heterocycles. The van der Waals surface area contributed by atoms with Gasteiger partial charge >= 0.3 is 8.03 Å². The van der Waals surface area contributed by atoms with E-state index in [1.54, 1.807) is 0 Å². The molecule has 0 radical (unpaired) electrons. The van der Waals surface area contributed by atoms with Gasteiger partial charge < -0.3 is 0 Å². The Morgan fingerprint density at radius 1 is 1.38 bits per heavy atom. The van der Waals surface area contributed by atoms with Gasteiger partial charge in [-0.3, -0.25) is 0 Å². The second-order valence-electron chi connectivity index (χ2n) is 4.70. The zero-order valence-corrected chi connectivity index (χ0v) is 9.63. The fourth-order valence-electron chi connectivity index (χ4n) is 2.41. The van der Waals surface area contributed by atoms with Gasteiger partial charge in [0.2, 0.25) is 0 Å². The molecule has 0 heterocycles. The van der Waals surface area contributed by atoms with Gasteiger partial charge in [0.25, 0.3) is 0 Å². The van der Waals surface area contributed by atoms with Gasteiger partial charge in [-0.25, -0.2) is 0 Å². The van der Waals surface area contributed by atoms with Gasteiger partial charge in [0, 0.05) is 5.92 Å². The van der Waals surface area contributed by atoms with Crippen molar-refractivity contribution >= 4 is 8.03 Å². The van der Waals surface area contributed by atoms with Crippen molar-refractivity contribution in [2.75, 3.05) is 0 Å². The zero-order chi connectivity index (χ0) is 10.0. The highest BCUT2D eigenvalue weighted by molar-refractivity contribution is 7.38. The lowest BCUT2D eigenvalue weighted by molar-refractivity contribution is 0.231. The molecular weight excluding hydrogens is 183 g/mol. The number of hydrogen-bond acceptors (Lipinski definition) is 1. The van der Waals surface area contributed by atoms with Gasteiger partial charge in [0.15, 0.2) is 5.66 Å². The van der Waals surface area contributed by atoms with Gasteiger partial charge in [-0.2, -0.15) is 4.89 Å². The van der Waals surface area contributed by atoms with Crippen LogP contribution in [0.5, 0.6) is 0 Å². The van der Waals surface area contributed by atoms with Crippen LogP contribution in [0.1, 0.15) is 40.0 Å². The molecule has 13 heavy (non-hydrogen) atoms. The van der Waals surface area contributed by atoms with Crippen LogP contribution < -0.4 is 0 Å². The minimum absolute atomic E-state index is 0.0544. The lowest BCUT2D eigenvalue weighted by Gasteiger charge is -2.30. The number of rotatable bonds is 2. The third-order valence-corrected chi connectivity index (χ3v) is 4.43. The lowest BCUT2D eigenvalue weighted by Crippen LogP contribution is -2.29. The van der Waals surface area contributed by atoms with E-state index in [0.717, 1.165) is 12.8 Å². The van der Waals surface area contributed by atoms with Crippen LogP contribution in [0.25, 0.3) is 0 Å². The summed E-state index contributed by atoms with van der Waals surface area (Å²) in [4.78, 5) is 9.22. The van der Waals surface area contributed by atoms with Crippen LogP contribution >= 0.6 is 8.03 Å². The summed E-state index contributed by atoms with van der Waals surface area (Å²) in [5.41, 5.74) is 0.0544.